The van der Waals surface area contributed by atoms with Crippen LogP contribution in [-0.4, -0.2) is 51.6 Å². The van der Waals surface area contributed by atoms with Crippen LogP contribution >= 0.6 is 0 Å². The fourth-order valence-corrected chi connectivity index (χ4v) is 2.71. The van der Waals surface area contributed by atoms with Crippen molar-refractivity contribution in [2.45, 2.75) is 19.9 Å². The van der Waals surface area contributed by atoms with E-state index in [9.17, 15) is 9.59 Å². The van der Waals surface area contributed by atoms with Crippen LogP contribution in [-0.2, 0) is 27.3 Å². The monoisotopic (exact) mass is 384 g/mol. The molecule has 0 aliphatic heterocycles. The first-order valence-electron chi connectivity index (χ1n) is 9.09. The maximum absolute atomic E-state index is 12.2. The third kappa shape index (κ3) is 6.01. The van der Waals surface area contributed by atoms with E-state index >= 15 is 0 Å². The first kappa shape index (κ1) is 21.3. The number of anilines is 1. The van der Waals surface area contributed by atoms with Crippen LogP contribution < -0.4 is 9.64 Å². The number of aryl methyl sites for hydroxylation is 1. The molecule has 150 valence electrons. The lowest BCUT2D eigenvalue weighted by Crippen LogP contribution is -2.31. The average Bonchev–Trinajstić information content (AvgIpc) is 2.67. The van der Waals surface area contributed by atoms with Gasteiger partial charge in [-0.15, -0.1) is 0 Å². The molecule has 2 aromatic carbocycles. The van der Waals surface area contributed by atoms with Crippen molar-refractivity contribution in [3.8, 4) is 5.75 Å². The normalized spacial score (nSPS) is 10.3. The molecule has 2 rings (SSSR count). The van der Waals surface area contributed by atoms with Gasteiger partial charge in [-0.2, -0.15) is 0 Å². The standard InChI is InChI=1S/C22H28N2O4/c1-16-6-7-18(12-20(16)27-5)13-22(26)28-15-21(25)24(4)14-17-8-10-19(11-9-17)23(2)3/h6-12H,13-15H2,1-5H3. The summed E-state index contributed by atoms with van der Waals surface area (Å²) in [5, 5.41) is 0. The van der Waals surface area contributed by atoms with Crippen LogP contribution in [0.5, 0.6) is 5.75 Å². The Balaban J connectivity index is 1.82. The van der Waals surface area contributed by atoms with Crippen LogP contribution in [0, 0.1) is 6.92 Å². The molecular formula is C22H28N2O4. The zero-order valence-electron chi connectivity index (χ0n) is 17.2. The second-order valence-electron chi connectivity index (χ2n) is 6.95. The fraction of sp³-hybridized carbons (Fsp3) is 0.364. The van der Waals surface area contributed by atoms with E-state index in [0.29, 0.717) is 6.54 Å². The highest BCUT2D eigenvalue weighted by Gasteiger charge is 2.14. The largest absolute Gasteiger partial charge is 0.496 e. The van der Waals surface area contributed by atoms with E-state index in [1.165, 1.54) is 0 Å². The van der Waals surface area contributed by atoms with Gasteiger partial charge in [0.2, 0.25) is 0 Å². The third-order valence-corrected chi connectivity index (χ3v) is 4.48. The molecule has 0 aliphatic carbocycles. The summed E-state index contributed by atoms with van der Waals surface area (Å²) in [5.74, 6) is 0.0379. The average molecular weight is 384 g/mol. The predicted octanol–water partition coefficient (Wildman–Crippen LogP) is 2.81. The molecule has 0 spiro atoms. The summed E-state index contributed by atoms with van der Waals surface area (Å²) in [7, 11) is 7.24. The first-order valence-corrected chi connectivity index (χ1v) is 9.09. The van der Waals surface area contributed by atoms with Crippen molar-refractivity contribution in [2.24, 2.45) is 0 Å². The SMILES string of the molecule is COc1cc(CC(=O)OCC(=O)N(C)Cc2ccc(N(C)C)cc2)ccc1C. The quantitative estimate of drug-likeness (QED) is 0.655. The van der Waals surface area contributed by atoms with Gasteiger partial charge in [-0.05, 0) is 41.8 Å². The van der Waals surface area contributed by atoms with E-state index in [4.69, 9.17) is 9.47 Å². The molecule has 0 aromatic heterocycles. The van der Waals surface area contributed by atoms with Gasteiger partial charge < -0.3 is 19.3 Å². The van der Waals surface area contributed by atoms with Gasteiger partial charge in [0.25, 0.3) is 5.91 Å². The van der Waals surface area contributed by atoms with Gasteiger partial charge in [0.15, 0.2) is 6.61 Å². The summed E-state index contributed by atoms with van der Waals surface area (Å²) in [4.78, 5) is 27.9. The Hall–Kier alpha value is -3.02. The van der Waals surface area contributed by atoms with Crippen molar-refractivity contribution in [3.05, 3.63) is 59.2 Å². The highest BCUT2D eigenvalue weighted by molar-refractivity contribution is 5.81. The van der Waals surface area contributed by atoms with Gasteiger partial charge in [-0.1, -0.05) is 24.3 Å². The second kappa shape index (κ2) is 9.78. The molecule has 0 atom stereocenters. The number of benzene rings is 2. The minimum atomic E-state index is -0.442. The predicted molar refractivity (Wildman–Crippen MR) is 110 cm³/mol. The van der Waals surface area contributed by atoms with Gasteiger partial charge in [-0.25, -0.2) is 0 Å². The van der Waals surface area contributed by atoms with E-state index in [2.05, 4.69) is 0 Å². The Morgan fingerprint density at radius 1 is 0.964 bits per heavy atom. The summed E-state index contributed by atoms with van der Waals surface area (Å²) in [6.07, 6.45) is 0.0969. The number of amides is 1. The smallest absolute Gasteiger partial charge is 0.310 e. The number of carbonyl (C=O) groups is 2. The zero-order chi connectivity index (χ0) is 20.7. The third-order valence-electron chi connectivity index (χ3n) is 4.48. The molecule has 0 unspecified atom stereocenters. The minimum Gasteiger partial charge on any atom is -0.496 e. The first-order chi connectivity index (χ1) is 13.3. The summed E-state index contributed by atoms with van der Waals surface area (Å²) < 4.78 is 10.4. The molecule has 28 heavy (non-hydrogen) atoms. The van der Waals surface area contributed by atoms with Gasteiger partial charge in [0.05, 0.1) is 13.5 Å². The highest BCUT2D eigenvalue weighted by atomic mass is 16.5. The van der Waals surface area contributed by atoms with E-state index in [-0.39, 0.29) is 18.9 Å². The lowest BCUT2D eigenvalue weighted by molar-refractivity contribution is -0.151. The number of methoxy groups -OCH3 is 1. The Kier molecular flexibility index (Phi) is 7.44. The summed E-state index contributed by atoms with van der Waals surface area (Å²) in [5.41, 5.74) is 3.89. The summed E-state index contributed by atoms with van der Waals surface area (Å²) in [6.45, 7) is 2.12. The second-order valence-corrected chi connectivity index (χ2v) is 6.95. The molecule has 6 heteroatoms. The summed E-state index contributed by atoms with van der Waals surface area (Å²) >= 11 is 0. The molecule has 0 heterocycles. The van der Waals surface area contributed by atoms with Gasteiger partial charge in [-0.3, -0.25) is 9.59 Å². The molecule has 2 aromatic rings. The van der Waals surface area contributed by atoms with Crippen molar-refractivity contribution in [1.82, 2.24) is 4.90 Å². The molecule has 6 nitrogen and oxygen atoms in total. The van der Waals surface area contributed by atoms with E-state index in [0.717, 1.165) is 28.1 Å². The molecule has 1 amide bonds. The maximum Gasteiger partial charge on any atom is 0.310 e. The number of carbonyl (C=O) groups excluding carboxylic acids is 2. The molecule has 0 bridgehead atoms. The van der Waals surface area contributed by atoms with Gasteiger partial charge >= 0.3 is 5.97 Å². The number of nitrogens with zero attached hydrogens (tertiary/aromatic N) is 2. The molecule has 0 saturated carbocycles. The van der Waals surface area contributed by atoms with Crippen molar-refractivity contribution >= 4 is 17.6 Å². The molecular weight excluding hydrogens is 356 g/mol. The lowest BCUT2D eigenvalue weighted by atomic mass is 10.1. The molecule has 0 aliphatic rings. The Bertz CT molecular complexity index is 816. The summed E-state index contributed by atoms with van der Waals surface area (Å²) in [6, 6.07) is 13.5. The molecule has 0 fully saturated rings. The number of esters is 1. The van der Waals surface area contributed by atoms with Crippen LogP contribution in [0.15, 0.2) is 42.5 Å². The topological polar surface area (TPSA) is 59.1 Å². The number of hydrogen-bond donors (Lipinski definition) is 0. The van der Waals surface area contributed by atoms with Crippen molar-refractivity contribution < 1.29 is 19.1 Å². The molecule has 0 saturated heterocycles. The number of likely N-dealkylation sites (N-methyl/N-ethyl adjacent to an activating group) is 1. The highest BCUT2D eigenvalue weighted by Crippen LogP contribution is 2.19. The lowest BCUT2D eigenvalue weighted by Gasteiger charge is -2.18. The van der Waals surface area contributed by atoms with Crippen LogP contribution in [0.3, 0.4) is 0 Å². The van der Waals surface area contributed by atoms with Crippen LogP contribution in [0.4, 0.5) is 5.69 Å². The fourth-order valence-electron chi connectivity index (χ4n) is 2.71. The Morgan fingerprint density at radius 2 is 1.61 bits per heavy atom. The molecule has 0 N–H and O–H groups in total. The van der Waals surface area contributed by atoms with Crippen molar-refractivity contribution in [3.63, 3.8) is 0 Å². The van der Waals surface area contributed by atoms with Crippen molar-refractivity contribution in [1.29, 1.82) is 0 Å². The van der Waals surface area contributed by atoms with E-state index in [1.807, 2.05) is 68.4 Å². The minimum absolute atomic E-state index is 0.0969. The van der Waals surface area contributed by atoms with Crippen LogP contribution in [0.1, 0.15) is 16.7 Å². The number of hydrogen-bond acceptors (Lipinski definition) is 5. The van der Waals surface area contributed by atoms with Crippen LogP contribution in [0.25, 0.3) is 0 Å². The van der Waals surface area contributed by atoms with Gasteiger partial charge in [0.1, 0.15) is 5.75 Å². The number of rotatable bonds is 8. The Morgan fingerprint density at radius 3 is 2.21 bits per heavy atom. The van der Waals surface area contributed by atoms with Gasteiger partial charge in [0, 0.05) is 33.4 Å². The van der Waals surface area contributed by atoms with E-state index < -0.39 is 5.97 Å². The van der Waals surface area contributed by atoms with E-state index in [1.54, 1.807) is 19.1 Å². The Labute approximate surface area is 166 Å². The van der Waals surface area contributed by atoms with Crippen LogP contribution in [0.2, 0.25) is 0 Å². The van der Waals surface area contributed by atoms with Crippen molar-refractivity contribution in [2.75, 3.05) is 39.8 Å². The maximum atomic E-state index is 12.2. The molecule has 0 radical (unpaired) electrons. The number of ether oxygens (including phenoxy) is 2. The zero-order valence-corrected chi connectivity index (χ0v) is 17.2.